The van der Waals surface area contributed by atoms with Crippen molar-refractivity contribution in [2.75, 3.05) is 5.32 Å². The van der Waals surface area contributed by atoms with Crippen LogP contribution in [0.25, 0.3) is 0 Å². The summed E-state index contributed by atoms with van der Waals surface area (Å²) in [6.45, 7) is 0. The highest BCUT2D eigenvalue weighted by atomic mass is 35.5. The van der Waals surface area contributed by atoms with Gasteiger partial charge in [0.05, 0.1) is 32.4 Å². The minimum Gasteiger partial charge on any atom is -0.478 e. The van der Waals surface area contributed by atoms with Crippen LogP contribution in [0.1, 0.15) is 39.9 Å². The lowest BCUT2D eigenvalue weighted by Gasteiger charge is -2.39. The van der Waals surface area contributed by atoms with Crippen molar-refractivity contribution in [3.05, 3.63) is 74.2 Å². The summed E-state index contributed by atoms with van der Waals surface area (Å²) in [5, 5.41) is 14.4. The molecule has 0 saturated carbocycles. The number of halogens is 3. The van der Waals surface area contributed by atoms with E-state index in [4.69, 9.17) is 34.8 Å². The highest BCUT2D eigenvalue weighted by Gasteiger charge is 2.41. The van der Waals surface area contributed by atoms with Gasteiger partial charge < -0.3 is 10.4 Å². The quantitative estimate of drug-likeness (QED) is 0.473. The first-order chi connectivity index (χ1) is 12.0. The molecule has 1 heterocycles. The monoisotopic (exact) mass is 393 g/mol. The van der Waals surface area contributed by atoms with E-state index in [9.17, 15) is 9.90 Å². The molecule has 0 bridgehead atoms. The number of anilines is 1. The number of aromatic carboxylic acids is 1. The summed E-state index contributed by atoms with van der Waals surface area (Å²) in [6, 6.07) is 8.52. The Morgan fingerprint density at radius 2 is 1.92 bits per heavy atom. The summed E-state index contributed by atoms with van der Waals surface area (Å²) in [4.78, 5) is 11.7. The number of hydrogen-bond acceptors (Lipinski definition) is 2. The number of benzene rings is 2. The predicted molar refractivity (Wildman–Crippen MR) is 101 cm³/mol. The Hall–Kier alpha value is -1.68. The first-order valence-corrected chi connectivity index (χ1v) is 9.05. The fourth-order valence-electron chi connectivity index (χ4n) is 3.93. The fourth-order valence-corrected chi connectivity index (χ4v) is 4.74. The zero-order chi connectivity index (χ0) is 17.7. The van der Waals surface area contributed by atoms with Crippen molar-refractivity contribution < 1.29 is 9.90 Å². The van der Waals surface area contributed by atoms with Gasteiger partial charge in [-0.15, -0.1) is 0 Å². The Labute approximate surface area is 160 Å². The molecule has 0 saturated heterocycles. The molecule has 128 valence electrons. The molecule has 2 aliphatic rings. The molecular weight excluding hydrogens is 381 g/mol. The van der Waals surface area contributed by atoms with Crippen molar-refractivity contribution in [1.29, 1.82) is 0 Å². The molecule has 0 amide bonds. The van der Waals surface area contributed by atoms with Crippen LogP contribution in [0.3, 0.4) is 0 Å². The van der Waals surface area contributed by atoms with Gasteiger partial charge in [0.15, 0.2) is 0 Å². The van der Waals surface area contributed by atoms with Gasteiger partial charge in [-0.2, -0.15) is 0 Å². The SMILES string of the molecule is O=C(O)c1ccccc1[C@@H]1Nc2c(Cl)cc(Cl)c(Cl)c2[C@@H]2C=CC[C@H]21. The third-order valence-electron chi connectivity index (χ3n) is 5.01. The number of hydrogen-bond donors (Lipinski definition) is 2. The molecule has 2 N–H and O–H groups in total. The second-order valence-electron chi connectivity index (χ2n) is 6.31. The molecular formula is C19H14Cl3NO2. The fraction of sp³-hybridized carbons (Fsp3) is 0.211. The Morgan fingerprint density at radius 3 is 2.68 bits per heavy atom. The molecule has 4 rings (SSSR count). The second-order valence-corrected chi connectivity index (χ2v) is 7.50. The zero-order valence-corrected chi connectivity index (χ0v) is 15.2. The molecule has 3 atom stereocenters. The number of nitrogens with one attached hydrogen (secondary N) is 1. The predicted octanol–water partition coefficient (Wildman–Crippen LogP) is 6.17. The molecule has 0 spiro atoms. The lowest BCUT2D eigenvalue weighted by Crippen LogP contribution is -2.30. The van der Waals surface area contributed by atoms with Gasteiger partial charge in [0.2, 0.25) is 0 Å². The first kappa shape index (κ1) is 16.8. The maximum atomic E-state index is 11.7. The number of rotatable bonds is 2. The number of fused-ring (bicyclic) bond motifs is 3. The summed E-state index contributed by atoms with van der Waals surface area (Å²) in [7, 11) is 0. The smallest absolute Gasteiger partial charge is 0.336 e. The van der Waals surface area contributed by atoms with Crippen LogP contribution in [0.2, 0.25) is 15.1 Å². The van der Waals surface area contributed by atoms with E-state index in [0.29, 0.717) is 20.6 Å². The normalized spacial score (nSPS) is 23.7. The van der Waals surface area contributed by atoms with E-state index in [1.54, 1.807) is 18.2 Å². The molecule has 25 heavy (non-hydrogen) atoms. The van der Waals surface area contributed by atoms with Gasteiger partial charge in [-0.25, -0.2) is 4.79 Å². The van der Waals surface area contributed by atoms with E-state index in [-0.39, 0.29) is 17.9 Å². The van der Waals surface area contributed by atoms with Gasteiger partial charge in [0.1, 0.15) is 0 Å². The number of carboxylic acids is 1. The van der Waals surface area contributed by atoms with Crippen LogP contribution in [0.5, 0.6) is 0 Å². The third kappa shape index (κ3) is 2.62. The van der Waals surface area contributed by atoms with Crippen molar-refractivity contribution in [2.45, 2.75) is 18.4 Å². The average Bonchev–Trinajstić information content (AvgIpc) is 3.08. The van der Waals surface area contributed by atoms with Crippen LogP contribution in [-0.2, 0) is 0 Å². The number of carboxylic acid groups (broad SMARTS) is 1. The molecule has 6 heteroatoms. The van der Waals surface area contributed by atoms with E-state index in [2.05, 4.69) is 17.5 Å². The molecule has 2 aromatic carbocycles. The molecule has 3 nitrogen and oxygen atoms in total. The first-order valence-electron chi connectivity index (χ1n) is 7.92. The van der Waals surface area contributed by atoms with E-state index < -0.39 is 5.97 Å². The second kappa shape index (κ2) is 6.24. The van der Waals surface area contributed by atoms with Gasteiger partial charge in [0, 0.05) is 11.5 Å². The summed E-state index contributed by atoms with van der Waals surface area (Å²) < 4.78 is 0. The molecule has 2 aromatic rings. The maximum absolute atomic E-state index is 11.7. The van der Waals surface area contributed by atoms with Crippen molar-refractivity contribution in [3.63, 3.8) is 0 Å². The minimum atomic E-state index is -0.939. The lowest BCUT2D eigenvalue weighted by atomic mass is 9.76. The Balaban J connectivity index is 1.90. The molecule has 0 aromatic heterocycles. The van der Waals surface area contributed by atoms with Gasteiger partial charge >= 0.3 is 5.97 Å². The number of allylic oxidation sites excluding steroid dienone is 2. The van der Waals surface area contributed by atoms with Crippen LogP contribution >= 0.6 is 34.8 Å². The summed E-state index contributed by atoms with van der Waals surface area (Å²) in [5.41, 5.74) is 2.67. The molecule has 0 unspecified atom stereocenters. The summed E-state index contributed by atoms with van der Waals surface area (Å²) >= 11 is 19.1. The van der Waals surface area contributed by atoms with Gasteiger partial charge in [-0.1, -0.05) is 65.2 Å². The maximum Gasteiger partial charge on any atom is 0.336 e. The Morgan fingerprint density at radius 1 is 1.16 bits per heavy atom. The van der Waals surface area contributed by atoms with Crippen molar-refractivity contribution in [2.24, 2.45) is 5.92 Å². The third-order valence-corrected chi connectivity index (χ3v) is 6.11. The highest BCUT2D eigenvalue weighted by Crippen LogP contribution is 2.55. The van der Waals surface area contributed by atoms with Crippen LogP contribution in [-0.4, -0.2) is 11.1 Å². The van der Waals surface area contributed by atoms with Crippen LogP contribution in [0, 0.1) is 5.92 Å². The molecule has 0 radical (unpaired) electrons. The van der Waals surface area contributed by atoms with E-state index in [0.717, 1.165) is 23.2 Å². The average molecular weight is 395 g/mol. The van der Waals surface area contributed by atoms with Gasteiger partial charge in [-0.05, 0) is 30.0 Å². The summed E-state index contributed by atoms with van der Waals surface area (Å²) in [5.74, 6) is -0.738. The van der Waals surface area contributed by atoms with E-state index in [1.807, 2.05) is 12.1 Å². The van der Waals surface area contributed by atoms with Crippen LogP contribution in [0.15, 0.2) is 42.5 Å². The van der Waals surface area contributed by atoms with E-state index >= 15 is 0 Å². The highest BCUT2D eigenvalue weighted by molar-refractivity contribution is 6.44. The largest absolute Gasteiger partial charge is 0.478 e. The van der Waals surface area contributed by atoms with Gasteiger partial charge in [0.25, 0.3) is 0 Å². The van der Waals surface area contributed by atoms with E-state index in [1.165, 1.54) is 0 Å². The topological polar surface area (TPSA) is 49.3 Å². The number of carbonyl (C=O) groups is 1. The minimum absolute atomic E-state index is 0.0480. The van der Waals surface area contributed by atoms with Crippen molar-refractivity contribution in [3.8, 4) is 0 Å². The molecule has 1 aliphatic heterocycles. The Kier molecular flexibility index (Phi) is 4.19. The lowest BCUT2D eigenvalue weighted by molar-refractivity contribution is 0.0694. The zero-order valence-electron chi connectivity index (χ0n) is 13.0. The molecule has 1 aliphatic carbocycles. The van der Waals surface area contributed by atoms with Crippen LogP contribution in [0.4, 0.5) is 5.69 Å². The summed E-state index contributed by atoms with van der Waals surface area (Å²) in [6.07, 6.45) is 5.04. The van der Waals surface area contributed by atoms with Crippen LogP contribution < -0.4 is 5.32 Å². The molecule has 0 fully saturated rings. The Bertz CT molecular complexity index is 910. The van der Waals surface area contributed by atoms with Crippen molar-refractivity contribution in [1.82, 2.24) is 0 Å². The standard InChI is InChI=1S/C19H14Cl3NO2/c20-13-8-14(21)18-15(16(13)22)9-6-3-7-10(9)17(23-18)11-4-1-2-5-12(11)19(24)25/h1-6,8-10,17,23H,7H2,(H,24,25)/t9-,10-,17-/m1/s1. The van der Waals surface area contributed by atoms with Crippen molar-refractivity contribution >= 4 is 46.5 Å². The van der Waals surface area contributed by atoms with Gasteiger partial charge in [-0.3, -0.25) is 0 Å².